The Kier molecular flexibility index (Phi) is 5.82. The minimum Gasteiger partial charge on any atom is -0.513 e. The minimum absolute atomic E-state index is 0.0968. The molecule has 5 rings (SSSR count). The van der Waals surface area contributed by atoms with Crippen molar-refractivity contribution in [2.45, 2.75) is 6.42 Å². The van der Waals surface area contributed by atoms with Crippen LogP contribution < -0.4 is 10.6 Å². The van der Waals surface area contributed by atoms with Crippen molar-refractivity contribution in [2.24, 2.45) is 7.05 Å². The highest BCUT2D eigenvalue weighted by molar-refractivity contribution is 6.32. The van der Waals surface area contributed by atoms with Crippen LogP contribution in [-0.2, 0) is 7.05 Å². The van der Waals surface area contributed by atoms with Crippen LogP contribution in [-0.4, -0.2) is 37.4 Å². The van der Waals surface area contributed by atoms with Crippen LogP contribution in [0, 0.1) is 5.82 Å². The van der Waals surface area contributed by atoms with Crippen molar-refractivity contribution in [1.29, 1.82) is 0 Å². The number of halogens is 2. The number of hydrogen-bond donors (Lipinski definition) is 2. The maximum atomic E-state index is 14.7. The maximum absolute atomic E-state index is 14.7. The first-order valence-electron chi connectivity index (χ1n) is 11.0. The van der Waals surface area contributed by atoms with E-state index in [2.05, 4.69) is 4.98 Å². The highest BCUT2D eigenvalue weighted by Gasteiger charge is 2.18. The van der Waals surface area contributed by atoms with Crippen molar-refractivity contribution in [3.8, 4) is 33.7 Å². The van der Waals surface area contributed by atoms with Gasteiger partial charge in [-0.05, 0) is 53.6 Å². The number of aromatic nitrogens is 3. The van der Waals surface area contributed by atoms with Crippen LogP contribution in [0.15, 0.2) is 77.7 Å². The lowest BCUT2D eigenvalue weighted by Gasteiger charge is -2.26. The second-order valence-electron chi connectivity index (χ2n) is 8.37. The second-order valence-corrected chi connectivity index (χ2v) is 8.78. The van der Waals surface area contributed by atoms with Gasteiger partial charge >= 0.3 is 5.69 Å². The molecule has 0 radical (unpaired) electrons. The van der Waals surface area contributed by atoms with Crippen LogP contribution in [0.3, 0.4) is 0 Å². The number of aromatic hydroxyl groups is 1. The standard InChI is InChI=1S/C26H22ClFN4O3/c1-30-10-11-32(26(30)35)23-3-2-16(12-22(23)27)20-14-18(28)15-21(25(20)34)17-4-7-29-24(13-17)31-8-5-19(33)6-9-31/h2-5,7,10-15,33-34H,6,8-9H2,1H3. The number of imidazole rings is 1. The lowest BCUT2D eigenvalue weighted by molar-refractivity contribution is 0.379. The molecule has 0 unspecified atom stereocenters. The summed E-state index contributed by atoms with van der Waals surface area (Å²) in [5.74, 6) is 0.403. The molecule has 0 amide bonds. The third kappa shape index (κ3) is 4.28. The summed E-state index contributed by atoms with van der Waals surface area (Å²) >= 11 is 6.48. The van der Waals surface area contributed by atoms with Crippen molar-refractivity contribution in [2.75, 3.05) is 18.0 Å². The summed E-state index contributed by atoms with van der Waals surface area (Å²) in [6.07, 6.45) is 7.10. The zero-order valence-electron chi connectivity index (χ0n) is 18.8. The van der Waals surface area contributed by atoms with E-state index >= 15 is 0 Å². The van der Waals surface area contributed by atoms with Crippen molar-refractivity contribution >= 4 is 17.4 Å². The average molecular weight is 493 g/mol. The smallest absolute Gasteiger partial charge is 0.332 e. The van der Waals surface area contributed by atoms with E-state index in [-0.39, 0.29) is 22.0 Å². The lowest BCUT2D eigenvalue weighted by Crippen LogP contribution is -2.29. The minimum atomic E-state index is -0.517. The van der Waals surface area contributed by atoms with Gasteiger partial charge in [-0.1, -0.05) is 17.7 Å². The van der Waals surface area contributed by atoms with E-state index < -0.39 is 5.82 Å². The number of aliphatic hydroxyl groups is 1. The number of anilines is 1. The van der Waals surface area contributed by atoms with Gasteiger partial charge in [-0.3, -0.25) is 4.57 Å². The third-order valence-electron chi connectivity index (χ3n) is 6.11. The molecule has 7 nitrogen and oxygen atoms in total. The summed E-state index contributed by atoms with van der Waals surface area (Å²) < 4.78 is 17.6. The van der Waals surface area contributed by atoms with Crippen LogP contribution >= 0.6 is 11.6 Å². The van der Waals surface area contributed by atoms with Crippen molar-refractivity contribution in [1.82, 2.24) is 14.1 Å². The van der Waals surface area contributed by atoms with Crippen LogP contribution in [0.25, 0.3) is 27.9 Å². The number of nitrogens with zero attached hydrogens (tertiary/aromatic N) is 4. The van der Waals surface area contributed by atoms with E-state index in [4.69, 9.17) is 11.6 Å². The molecule has 0 spiro atoms. The zero-order valence-corrected chi connectivity index (χ0v) is 19.6. The Balaban J connectivity index is 1.54. The van der Waals surface area contributed by atoms with Gasteiger partial charge in [0, 0.05) is 56.3 Å². The molecule has 0 fully saturated rings. The van der Waals surface area contributed by atoms with Crippen LogP contribution in [0.4, 0.5) is 10.2 Å². The number of benzene rings is 2. The summed E-state index contributed by atoms with van der Waals surface area (Å²) in [6, 6.07) is 11.0. The molecule has 0 bridgehead atoms. The van der Waals surface area contributed by atoms with Gasteiger partial charge in [-0.15, -0.1) is 0 Å². The first kappa shape index (κ1) is 22.7. The largest absolute Gasteiger partial charge is 0.513 e. The molecule has 3 heterocycles. The first-order valence-corrected chi connectivity index (χ1v) is 11.4. The Bertz CT molecular complexity index is 1530. The van der Waals surface area contributed by atoms with E-state index in [1.165, 1.54) is 21.3 Å². The van der Waals surface area contributed by atoms with Crippen molar-refractivity contribution in [3.63, 3.8) is 0 Å². The highest BCUT2D eigenvalue weighted by Crippen LogP contribution is 2.41. The molecule has 0 atom stereocenters. The van der Waals surface area contributed by atoms with Crippen molar-refractivity contribution in [3.05, 3.63) is 94.2 Å². The van der Waals surface area contributed by atoms with Crippen molar-refractivity contribution < 1.29 is 14.6 Å². The van der Waals surface area contributed by atoms with Gasteiger partial charge in [-0.25, -0.2) is 14.2 Å². The summed E-state index contributed by atoms with van der Waals surface area (Å²) in [5, 5.41) is 21.1. The normalized spacial score (nSPS) is 13.7. The molecule has 1 aliphatic heterocycles. The Morgan fingerprint density at radius 2 is 1.77 bits per heavy atom. The molecule has 0 saturated carbocycles. The van der Waals surface area contributed by atoms with Gasteiger partial charge in [-0.2, -0.15) is 0 Å². The molecule has 2 N–H and O–H groups in total. The fourth-order valence-electron chi connectivity index (χ4n) is 4.18. The summed E-state index contributed by atoms with van der Waals surface area (Å²) in [7, 11) is 1.64. The summed E-state index contributed by atoms with van der Waals surface area (Å²) in [6.45, 7) is 1.12. The molecular formula is C26H22ClFN4O3. The molecule has 178 valence electrons. The Labute approximate surface area is 205 Å². The lowest BCUT2D eigenvalue weighted by atomic mass is 9.97. The highest BCUT2D eigenvalue weighted by atomic mass is 35.5. The van der Waals surface area contributed by atoms with Gasteiger partial charge < -0.3 is 19.7 Å². The zero-order chi connectivity index (χ0) is 24.7. The van der Waals surface area contributed by atoms with E-state index in [1.807, 2.05) is 4.90 Å². The number of rotatable bonds is 4. The SMILES string of the molecule is Cn1ccn(-c2ccc(-c3cc(F)cc(-c4ccnc(N5CC=C(O)CC5)c4)c3O)cc2Cl)c1=O. The van der Waals surface area contributed by atoms with Crippen LogP contribution in [0.2, 0.25) is 5.02 Å². The first-order chi connectivity index (χ1) is 16.8. The van der Waals surface area contributed by atoms with Gasteiger partial charge in [0.25, 0.3) is 0 Å². The summed E-state index contributed by atoms with van der Waals surface area (Å²) in [4.78, 5) is 18.7. The molecule has 2 aromatic carbocycles. The van der Waals surface area contributed by atoms with Gasteiger partial charge in [0.1, 0.15) is 17.4 Å². The molecule has 1 aliphatic rings. The fraction of sp³-hybridized carbons (Fsp3) is 0.154. The van der Waals surface area contributed by atoms with E-state index in [0.29, 0.717) is 53.5 Å². The summed E-state index contributed by atoms with van der Waals surface area (Å²) in [5.41, 5.74) is 1.94. The molecule has 0 aliphatic carbocycles. The average Bonchev–Trinajstić information content (AvgIpc) is 3.18. The monoisotopic (exact) mass is 492 g/mol. The van der Waals surface area contributed by atoms with Gasteiger partial charge in [0.2, 0.25) is 0 Å². The second kappa shape index (κ2) is 8.96. The van der Waals surface area contributed by atoms with Gasteiger partial charge in [0.15, 0.2) is 0 Å². The Morgan fingerprint density at radius 1 is 1.03 bits per heavy atom. The molecule has 4 aromatic rings. The molecule has 35 heavy (non-hydrogen) atoms. The molecule has 0 saturated heterocycles. The predicted molar refractivity (Wildman–Crippen MR) is 134 cm³/mol. The predicted octanol–water partition coefficient (Wildman–Crippen LogP) is 5.06. The van der Waals surface area contributed by atoms with Crippen LogP contribution in [0.1, 0.15) is 6.42 Å². The number of aryl methyl sites for hydroxylation is 1. The topological polar surface area (TPSA) is 83.5 Å². The third-order valence-corrected chi connectivity index (χ3v) is 6.41. The number of hydrogen-bond acceptors (Lipinski definition) is 5. The number of phenols is 1. The molecule has 2 aromatic heterocycles. The molecular weight excluding hydrogens is 471 g/mol. The Morgan fingerprint density at radius 3 is 2.40 bits per heavy atom. The maximum Gasteiger partial charge on any atom is 0.332 e. The Hall–Kier alpha value is -4.04. The number of phenolic OH excluding ortho intramolecular Hbond substituents is 1. The quantitative estimate of drug-likeness (QED) is 0.416. The van der Waals surface area contributed by atoms with Crippen LogP contribution in [0.5, 0.6) is 5.75 Å². The number of pyridine rings is 1. The van der Waals surface area contributed by atoms with E-state index in [9.17, 15) is 19.4 Å². The van der Waals surface area contributed by atoms with Gasteiger partial charge in [0.05, 0.1) is 16.5 Å². The van der Waals surface area contributed by atoms with E-state index in [1.54, 1.807) is 62.0 Å². The number of aliphatic hydroxyl groups excluding tert-OH is 1. The fourth-order valence-corrected chi connectivity index (χ4v) is 4.45. The molecule has 9 heteroatoms. The van der Waals surface area contributed by atoms with E-state index in [0.717, 1.165) is 0 Å².